The number of ether oxygens (including phenoxy) is 1. The van der Waals surface area contributed by atoms with Crippen molar-refractivity contribution in [3.05, 3.63) is 49.9 Å². The molecule has 2 aromatic carbocycles. The van der Waals surface area contributed by atoms with Crippen LogP contribution in [0.3, 0.4) is 0 Å². The molecule has 1 atom stereocenters. The molecule has 0 aliphatic carbocycles. The van der Waals surface area contributed by atoms with Gasteiger partial charge in [-0.15, -0.1) is 0 Å². The summed E-state index contributed by atoms with van der Waals surface area (Å²) in [5, 5.41) is 13.6. The smallest absolute Gasteiger partial charge is 0.229 e. The predicted octanol–water partition coefficient (Wildman–Crippen LogP) is 3.73. The van der Waals surface area contributed by atoms with Crippen LogP contribution in [-0.2, 0) is 22.9 Å². The van der Waals surface area contributed by atoms with Crippen LogP contribution in [0.5, 0.6) is 11.5 Å². The number of anilines is 1. The van der Waals surface area contributed by atoms with E-state index in [1.807, 2.05) is 12.1 Å². The van der Waals surface area contributed by atoms with E-state index in [0.29, 0.717) is 6.42 Å². The highest BCUT2D eigenvalue weighted by Crippen LogP contribution is 2.38. The summed E-state index contributed by atoms with van der Waals surface area (Å²) in [5.41, 5.74) is 3.28. The lowest BCUT2D eigenvalue weighted by atomic mass is 9.89. The lowest BCUT2D eigenvalue weighted by molar-refractivity contribution is 0.409. The largest absolute Gasteiger partial charge is 0.506 e. The molecule has 0 bridgehead atoms. The third kappa shape index (κ3) is 4.77. The molecular weight excluding hydrogens is 500 g/mol. The van der Waals surface area contributed by atoms with Gasteiger partial charge in [0.1, 0.15) is 11.5 Å². The summed E-state index contributed by atoms with van der Waals surface area (Å²) in [7, 11) is -1.86. The second kappa shape index (κ2) is 7.98. The van der Waals surface area contributed by atoms with Gasteiger partial charge in [-0.3, -0.25) is 4.72 Å². The Kier molecular flexibility index (Phi) is 6.05. The molecule has 0 spiro atoms. The molecular formula is C18H20Br2N2O4S. The SMILES string of the molecule is COc1c(Br)cc(CC2NCCc3cc(O)c(NS(C)(=O)=O)cc32)cc1Br. The minimum absolute atomic E-state index is 0.00153. The molecule has 146 valence electrons. The van der Waals surface area contributed by atoms with E-state index in [-0.39, 0.29) is 17.5 Å². The van der Waals surface area contributed by atoms with Crippen molar-refractivity contribution in [2.45, 2.75) is 18.9 Å². The molecule has 0 amide bonds. The molecule has 3 rings (SSSR count). The third-order valence-electron chi connectivity index (χ3n) is 4.42. The van der Waals surface area contributed by atoms with Crippen LogP contribution in [0.2, 0.25) is 0 Å². The molecule has 0 fully saturated rings. The maximum atomic E-state index is 11.6. The minimum atomic E-state index is -3.48. The predicted molar refractivity (Wildman–Crippen MR) is 113 cm³/mol. The summed E-state index contributed by atoms with van der Waals surface area (Å²) in [5.74, 6) is 0.676. The topological polar surface area (TPSA) is 87.7 Å². The van der Waals surface area contributed by atoms with Crippen LogP contribution in [-0.4, -0.2) is 33.4 Å². The molecule has 0 saturated carbocycles. The fourth-order valence-electron chi connectivity index (χ4n) is 3.30. The number of benzene rings is 2. The van der Waals surface area contributed by atoms with E-state index in [2.05, 4.69) is 41.9 Å². The number of phenols is 1. The van der Waals surface area contributed by atoms with Gasteiger partial charge >= 0.3 is 0 Å². The van der Waals surface area contributed by atoms with Crippen molar-refractivity contribution in [2.75, 3.05) is 24.6 Å². The van der Waals surface area contributed by atoms with Crippen LogP contribution in [0.15, 0.2) is 33.2 Å². The number of aromatic hydroxyl groups is 1. The summed E-state index contributed by atoms with van der Waals surface area (Å²) >= 11 is 7.05. The van der Waals surface area contributed by atoms with Crippen LogP contribution >= 0.6 is 31.9 Å². The summed E-state index contributed by atoms with van der Waals surface area (Å²) in [6, 6.07) is 7.39. The second-order valence-corrected chi connectivity index (χ2v) is 9.95. The molecule has 1 unspecified atom stereocenters. The Labute approximate surface area is 175 Å². The summed E-state index contributed by atoms with van der Waals surface area (Å²) in [6.45, 7) is 0.786. The highest BCUT2D eigenvalue weighted by molar-refractivity contribution is 9.11. The van der Waals surface area contributed by atoms with E-state index in [1.165, 1.54) is 0 Å². The Morgan fingerprint density at radius 1 is 1.26 bits per heavy atom. The maximum Gasteiger partial charge on any atom is 0.229 e. The van der Waals surface area contributed by atoms with Gasteiger partial charge in [-0.2, -0.15) is 0 Å². The molecule has 6 nitrogen and oxygen atoms in total. The van der Waals surface area contributed by atoms with E-state index in [1.54, 1.807) is 19.2 Å². The van der Waals surface area contributed by atoms with Gasteiger partial charge in [0.2, 0.25) is 10.0 Å². The van der Waals surface area contributed by atoms with E-state index >= 15 is 0 Å². The van der Waals surface area contributed by atoms with Crippen molar-refractivity contribution in [1.29, 1.82) is 0 Å². The summed E-state index contributed by atoms with van der Waals surface area (Å²) in [6.07, 6.45) is 2.54. The summed E-state index contributed by atoms with van der Waals surface area (Å²) < 4.78 is 32.6. The molecule has 0 radical (unpaired) electrons. The van der Waals surface area contributed by atoms with Crippen molar-refractivity contribution in [1.82, 2.24) is 5.32 Å². The Bertz CT molecular complexity index is 957. The number of methoxy groups -OCH3 is 1. The minimum Gasteiger partial charge on any atom is -0.506 e. The van der Waals surface area contributed by atoms with Crippen LogP contribution in [0.4, 0.5) is 5.69 Å². The number of halogens is 2. The lowest BCUT2D eigenvalue weighted by Crippen LogP contribution is -2.31. The quantitative estimate of drug-likeness (QED) is 0.524. The first-order valence-corrected chi connectivity index (χ1v) is 11.7. The molecule has 27 heavy (non-hydrogen) atoms. The zero-order valence-corrected chi connectivity index (χ0v) is 18.8. The molecule has 1 aliphatic rings. The van der Waals surface area contributed by atoms with Crippen molar-refractivity contribution in [3.63, 3.8) is 0 Å². The first-order valence-electron chi connectivity index (χ1n) is 8.27. The zero-order chi connectivity index (χ0) is 19.8. The number of rotatable bonds is 5. The zero-order valence-electron chi connectivity index (χ0n) is 14.8. The van der Waals surface area contributed by atoms with Crippen LogP contribution in [0.25, 0.3) is 0 Å². The fourth-order valence-corrected chi connectivity index (χ4v) is 5.47. The van der Waals surface area contributed by atoms with Crippen LogP contribution < -0.4 is 14.8 Å². The van der Waals surface area contributed by atoms with Crippen molar-refractivity contribution < 1.29 is 18.3 Å². The van der Waals surface area contributed by atoms with Crippen molar-refractivity contribution >= 4 is 47.6 Å². The highest BCUT2D eigenvalue weighted by Gasteiger charge is 2.23. The van der Waals surface area contributed by atoms with E-state index < -0.39 is 10.0 Å². The first kappa shape index (κ1) is 20.4. The van der Waals surface area contributed by atoms with Crippen molar-refractivity contribution in [2.24, 2.45) is 0 Å². The van der Waals surface area contributed by atoms with Gasteiger partial charge < -0.3 is 15.2 Å². The number of hydrogen-bond donors (Lipinski definition) is 3. The van der Waals surface area contributed by atoms with E-state index in [0.717, 1.165) is 50.6 Å². The van der Waals surface area contributed by atoms with Gasteiger partial charge in [0.05, 0.1) is 28.0 Å². The molecule has 1 heterocycles. The van der Waals surface area contributed by atoms with Crippen molar-refractivity contribution in [3.8, 4) is 11.5 Å². The average molecular weight is 520 g/mol. The normalized spacial score (nSPS) is 16.7. The molecule has 0 saturated heterocycles. The number of phenolic OH excluding ortho intramolecular Hbond substituents is 1. The van der Waals surface area contributed by atoms with Gasteiger partial charge in [-0.25, -0.2) is 8.42 Å². The first-order chi connectivity index (χ1) is 12.7. The average Bonchev–Trinajstić information content (AvgIpc) is 2.55. The van der Waals surface area contributed by atoms with Gasteiger partial charge in [0, 0.05) is 6.04 Å². The Morgan fingerprint density at radius 2 is 1.93 bits per heavy atom. The number of nitrogens with one attached hydrogen (secondary N) is 2. The number of hydrogen-bond acceptors (Lipinski definition) is 5. The van der Waals surface area contributed by atoms with E-state index in [9.17, 15) is 13.5 Å². The molecule has 1 aliphatic heterocycles. The van der Waals surface area contributed by atoms with E-state index in [4.69, 9.17) is 4.74 Å². The van der Waals surface area contributed by atoms with Crippen LogP contribution in [0.1, 0.15) is 22.7 Å². The molecule has 2 aromatic rings. The lowest BCUT2D eigenvalue weighted by Gasteiger charge is -2.28. The fraction of sp³-hybridized carbons (Fsp3) is 0.333. The number of sulfonamides is 1. The number of fused-ring (bicyclic) bond motifs is 1. The van der Waals surface area contributed by atoms with Gasteiger partial charge in [0.15, 0.2) is 0 Å². The van der Waals surface area contributed by atoms with Gasteiger partial charge in [0.25, 0.3) is 0 Å². The molecule has 3 N–H and O–H groups in total. The monoisotopic (exact) mass is 518 g/mol. The Hall–Kier alpha value is -1.29. The maximum absolute atomic E-state index is 11.6. The Morgan fingerprint density at radius 3 is 2.52 bits per heavy atom. The second-order valence-electron chi connectivity index (χ2n) is 6.50. The molecule has 0 aromatic heterocycles. The third-order valence-corrected chi connectivity index (χ3v) is 6.18. The standard InChI is InChI=1S/C18H20Br2N2O4S/c1-26-18-13(19)5-10(6-14(18)20)7-15-12-9-16(22-27(2,24)25)17(23)8-11(12)3-4-21-15/h5-6,8-9,15,21-23H,3-4,7H2,1-2H3. The Balaban J connectivity index is 1.95. The summed E-state index contributed by atoms with van der Waals surface area (Å²) in [4.78, 5) is 0. The van der Waals surface area contributed by atoms with Gasteiger partial charge in [-0.1, -0.05) is 0 Å². The molecule has 9 heteroatoms. The van der Waals surface area contributed by atoms with Crippen LogP contribution in [0, 0.1) is 0 Å². The highest BCUT2D eigenvalue weighted by atomic mass is 79.9. The van der Waals surface area contributed by atoms with Gasteiger partial charge in [-0.05, 0) is 92.2 Å².